The fraction of sp³-hybridized carbons (Fsp3) is 0.394. The first-order valence-corrected chi connectivity index (χ1v) is 16.3. The summed E-state index contributed by atoms with van der Waals surface area (Å²) in [7, 11) is -4.17. The van der Waals surface area contributed by atoms with Gasteiger partial charge in [0, 0.05) is 12.6 Å². The molecule has 0 heterocycles. The van der Waals surface area contributed by atoms with Crippen LogP contribution in [0.4, 0.5) is 10.1 Å². The van der Waals surface area contributed by atoms with Crippen LogP contribution >= 0.6 is 0 Å². The van der Waals surface area contributed by atoms with Crippen LogP contribution in [-0.4, -0.2) is 50.4 Å². The van der Waals surface area contributed by atoms with Crippen molar-refractivity contribution in [3.63, 3.8) is 0 Å². The lowest BCUT2D eigenvalue weighted by molar-refractivity contribution is -0.140. The fourth-order valence-corrected chi connectivity index (χ4v) is 6.81. The Hall–Kier alpha value is -3.92. The highest BCUT2D eigenvalue weighted by Crippen LogP contribution is 2.27. The molecule has 1 fully saturated rings. The van der Waals surface area contributed by atoms with Crippen molar-refractivity contribution >= 4 is 27.5 Å². The minimum absolute atomic E-state index is 0.0121. The first kappa shape index (κ1) is 32.0. The van der Waals surface area contributed by atoms with Crippen molar-refractivity contribution in [1.29, 1.82) is 0 Å². The lowest BCUT2D eigenvalue weighted by atomic mass is 9.95. The standard InChI is InChI=1S/C33H40FN3O5S/c1-3-31(33(39)35-27-11-7-5-8-12-27)36(23-25-15-17-26(34)18-16-25)32(38)24-37(28-19-21-29(22-20-28)42-4-2)43(40,41)30-13-9-6-10-14-30/h6,9-10,13-22,27,31H,3-5,7-8,11-12,23-24H2,1-2H3,(H,35,39)/t31-/m0/s1. The van der Waals surface area contributed by atoms with E-state index in [2.05, 4.69) is 5.32 Å². The molecule has 0 aliphatic heterocycles. The van der Waals surface area contributed by atoms with E-state index >= 15 is 0 Å². The molecule has 1 aliphatic carbocycles. The summed E-state index contributed by atoms with van der Waals surface area (Å²) in [5.74, 6) is -0.677. The highest BCUT2D eigenvalue weighted by atomic mass is 32.2. The molecule has 3 aromatic carbocycles. The summed E-state index contributed by atoms with van der Waals surface area (Å²) in [6, 6.07) is 19.3. The van der Waals surface area contributed by atoms with Crippen LogP contribution in [0.25, 0.3) is 0 Å². The Morgan fingerprint density at radius 2 is 1.58 bits per heavy atom. The quantitative estimate of drug-likeness (QED) is 0.269. The molecule has 2 amide bonds. The van der Waals surface area contributed by atoms with E-state index in [1.54, 1.807) is 54.6 Å². The fourth-order valence-electron chi connectivity index (χ4n) is 5.37. The van der Waals surface area contributed by atoms with Gasteiger partial charge in [0.2, 0.25) is 11.8 Å². The number of amides is 2. The third-order valence-electron chi connectivity index (χ3n) is 7.65. The predicted molar refractivity (Wildman–Crippen MR) is 165 cm³/mol. The SMILES string of the molecule is CCOc1ccc(N(CC(=O)N(Cc2ccc(F)cc2)[C@@H](CC)C(=O)NC2CCCCC2)S(=O)(=O)c2ccccc2)cc1. The molecule has 43 heavy (non-hydrogen) atoms. The van der Waals surface area contributed by atoms with Crippen LogP contribution in [0.15, 0.2) is 83.8 Å². The van der Waals surface area contributed by atoms with Gasteiger partial charge in [0.1, 0.15) is 24.2 Å². The monoisotopic (exact) mass is 609 g/mol. The van der Waals surface area contributed by atoms with Crippen LogP contribution in [0, 0.1) is 5.82 Å². The van der Waals surface area contributed by atoms with Gasteiger partial charge < -0.3 is 15.0 Å². The smallest absolute Gasteiger partial charge is 0.264 e. The molecule has 0 bridgehead atoms. The minimum atomic E-state index is -4.17. The number of hydrogen-bond acceptors (Lipinski definition) is 5. The normalized spacial score (nSPS) is 14.5. The number of benzene rings is 3. The van der Waals surface area contributed by atoms with Crippen LogP contribution in [-0.2, 0) is 26.2 Å². The number of ether oxygens (including phenoxy) is 1. The molecule has 230 valence electrons. The summed E-state index contributed by atoms with van der Waals surface area (Å²) >= 11 is 0. The average molecular weight is 610 g/mol. The summed E-state index contributed by atoms with van der Waals surface area (Å²) in [6.45, 7) is 3.59. The van der Waals surface area contributed by atoms with E-state index in [0.717, 1.165) is 36.4 Å². The van der Waals surface area contributed by atoms with Gasteiger partial charge in [-0.25, -0.2) is 12.8 Å². The van der Waals surface area contributed by atoms with Gasteiger partial charge in [-0.05, 0) is 80.3 Å². The highest BCUT2D eigenvalue weighted by molar-refractivity contribution is 7.92. The van der Waals surface area contributed by atoms with Gasteiger partial charge in [-0.2, -0.15) is 0 Å². The molecule has 10 heteroatoms. The Labute approximate surface area is 253 Å². The number of carbonyl (C=O) groups excluding carboxylic acids is 2. The minimum Gasteiger partial charge on any atom is -0.494 e. The molecule has 0 saturated heterocycles. The maximum absolute atomic E-state index is 14.2. The average Bonchev–Trinajstić information content (AvgIpc) is 3.02. The first-order chi connectivity index (χ1) is 20.7. The van der Waals surface area contributed by atoms with Crippen molar-refractivity contribution in [3.05, 3.63) is 90.2 Å². The molecular weight excluding hydrogens is 569 g/mol. The van der Waals surface area contributed by atoms with Gasteiger partial charge in [0.25, 0.3) is 10.0 Å². The van der Waals surface area contributed by atoms with E-state index in [9.17, 15) is 22.4 Å². The Morgan fingerprint density at radius 3 is 2.19 bits per heavy atom. The van der Waals surface area contributed by atoms with Gasteiger partial charge in [-0.3, -0.25) is 13.9 Å². The van der Waals surface area contributed by atoms with E-state index in [4.69, 9.17) is 4.74 Å². The molecule has 1 saturated carbocycles. The molecule has 3 aromatic rings. The van der Waals surface area contributed by atoms with E-state index in [0.29, 0.717) is 24.3 Å². The third-order valence-corrected chi connectivity index (χ3v) is 9.44. The molecule has 1 N–H and O–H groups in total. The molecular formula is C33H40FN3O5S. The predicted octanol–water partition coefficient (Wildman–Crippen LogP) is 5.68. The van der Waals surface area contributed by atoms with Gasteiger partial charge in [-0.1, -0.05) is 56.5 Å². The summed E-state index contributed by atoms with van der Waals surface area (Å²) in [5, 5.41) is 3.12. The van der Waals surface area contributed by atoms with Crippen molar-refractivity contribution in [2.75, 3.05) is 17.5 Å². The summed E-state index contributed by atoms with van der Waals surface area (Å²) in [6.07, 6.45) is 5.29. The van der Waals surface area contributed by atoms with Crippen LogP contribution < -0.4 is 14.4 Å². The second-order valence-corrected chi connectivity index (χ2v) is 12.5. The molecule has 0 radical (unpaired) electrons. The topological polar surface area (TPSA) is 96.0 Å². The van der Waals surface area contributed by atoms with Crippen LogP contribution in [0.3, 0.4) is 0 Å². The lowest BCUT2D eigenvalue weighted by Crippen LogP contribution is -2.54. The molecule has 8 nitrogen and oxygen atoms in total. The number of rotatable bonds is 13. The third kappa shape index (κ3) is 8.34. The van der Waals surface area contributed by atoms with E-state index < -0.39 is 34.3 Å². The zero-order valence-corrected chi connectivity index (χ0v) is 25.6. The number of nitrogens with zero attached hydrogens (tertiary/aromatic N) is 2. The van der Waals surface area contributed by atoms with E-state index in [1.165, 1.54) is 29.2 Å². The van der Waals surface area contributed by atoms with Gasteiger partial charge in [0.15, 0.2) is 0 Å². The van der Waals surface area contributed by atoms with Crippen molar-refractivity contribution in [3.8, 4) is 5.75 Å². The molecule has 0 unspecified atom stereocenters. The van der Waals surface area contributed by atoms with E-state index in [1.807, 2.05) is 13.8 Å². The maximum atomic E-state index is 14.2. The largest absolute Gasteiger partial charge is 0.494 e. The van der Waals surface area contributed by atoms with Crippen molar-refractivity contribution in [2.24, 2.45) is 0 Å². The van der Waals surface area contributed by atoms with Gasteiger partial charge in [-0.15, -0.1) is 0 Å². The molecule has 1 atom stereocenters. The molecule has 4 rings (SSSR count). The van der Waals surface area contributed by atoms with Gasteiger partial charge in [0.05, 0.1) is 17.2 Å². The number of anilines is 1. The maximum Gasteiger partial charge on any atom is 0.264 e. The van der Waals surface area contributed by atoms with Crippen molar-refractivity contribution in [2.45, 2.75) is 75.9 Å². The second-order valence-electron chi connectivity index (χ2n) is 10.7. The summed E-state index contributed by atoms with van der Waals surface area (Å²) in [4.78, 5) is 29.2. The summed E-state index contributed by atoms with van der Waals surface area (Å²) in [5.41, 5.74) is 0.902. The number of sulfonamides is 1. The zero-order valence-electron chi connectivity index (χ0n) is 24.7. The Bertz CT molecular complexity index is 1440. The number of nitrogens with one attached hydrogen (secondary N) is 1. The van der Waals surface area contributed by atoms with Crippen molar-refractivity contribution in [1.82, 2.24) is 10.2 Å². The Kier molecular flexibility index (Phi) is 11.2. The molecule has 0 aromatic heterocycles. The molecule has 1 aliphatic rings. The summed E-state index contributed by atoms with van der Waals surface area (Å²) < 4.78 is 48.2. The van der Waals surface area contributed by atoms with Gasteiger partial charge >= 0.3 is 0 Å². The first-order valence-electron chi connectivity index (χ1n) is 14.9. The number of carbonyl (C=O) groups is 2. The van der Waals surface area contributed by atoms with Crippen LogP contribution in [0.5, 0.6) is 5.75 Å². The van der Waals surface area contributed by atoms with E-state index in [-0.39, 0.29) is 29.1 Å². The van der Waals surface area contributed by atoms with Crippen molar-refractivity contribution < 1.29 is 27.1 Å². The second kappa shape index (κ2) is 15.0. The lowest BCUT2D eigenvalue weighted by Gasteiger charge is -2.34. The number of halogens is 1. The number of hydrogen-bond donors (Lipinski definition) is 1. The Morgan fingerprint density at radius 1 is 0.930 bits per heavy atom. The Balaban J connectivity index is 1.69. The molecule has 0 spiro atoms. The zero-order chi connectivity index (χ0) is 30.8. The van der Waals surface area contributed by atoms with Crippen LogP contribution in [0.1, 0.15) is 57.9 Å². The van der Waals surface area contributed by atoms with Crippen LogP contribution in [0.2, 0.25) is 0 Å². The highest BCUT2D eigenvalue weighted by Gasteiger charge is 2.34.